The third-order valence-corrected chi connectivity index (χ3v) is 5.96. The van der Waals surface area contributed by atoms with Crippen LogP contribution in [0.1, 0.15) is 22.8 Å². The normalized spacial score (nSPS) is 12.3. The second-order valence-electron chi connectivity index (χ2n) is 6.40. The van der Waals surface area contributed by atoms with Crippen molar-refractivity contribution < 1.29 is 27.5 Å². The second kappa shape index (κ2) is 9.53. The van der Waals surface area contributed by atoms with Gasteiger partial charge in [0, 0.05) is 20.6 Å². The highest BCUT2D eigenvalue weighted by Gasteiger charge is 2.25. The molecule has 9 heteroatoms. The molecule has 1 N–H and O–H groups in total. The maximum absolute atomic E-state index is 12.5. The van der Waals surface area contributed by atoms with E-state index in [1.54, 1.807) is 0 Å². The van der Waals surface area contributed by atoms with E-state index in [4.69, 9.17) is 9.47 Å². The summed E-state index contributed by atoms with van der Waals surface area (Å²) >= 11 is 0. The van der Waals surface area contributed by atoms with Gasteiger partial charge in [-0.05, 0) is 30.7 Å². The Morgan fingerprint density at radius 1 is 1.10 bits per heavy atom. The monoisotopic (exact) mass is 420 g/mol. The Bertz CT molecular complexity index is 974. The predicted octanol–water partition coefficient (Wildman–Crippen LogP) is 1.81. The molecule has 0 spiro atoms. The van der Waals surface area contributed by atoms with Crippen LogP contribution in [0, 0.1) is 0 Å². The molecule has 2 aromatic rings. The van der Waals surface area contributed by atoms with E-state index >= 15 is 0 Å². The highest BCUT2D eigenvalue weighted by atomic mass is 32.2. The van der Waals surface area contributed by atoms with E-state index < -0.39 is 28.0 Å². The zero-order valence-corrected chi connectivity index (χ0v) is 17.5. The highest BCUT2D eigenvalue weighted by molar-refractivity contribution is 7.89. The predicted molar refractivity (Wildman–Crippen MR) is 107 cm³/mol. The number of nitrogens with zero attached hydrogens (tertiary/aromatic N) is 1. The van der Waals surface area contributed by atoms with Gasteiger partial charge in [0.2, 0.25) is 10.0 Å². The van der Waals surface area contributed by atoms with Gasteiger partial charge < -0.3 is 14.8 Å². The Kier molecular flexibility index (Phi) is 7.35. The lowest BCUT2D eigenvalue weighted by molar-refractivity contribution is -0.129. The molecule has 0 fully saturated rings. The molecule has 0 aliphatic carbocycles. The van der Waals surface area contributed by atoms with Crippen LogP contribution in [0.15, 0.2) is 53.4 Å². The number of carbonyl (C=O) groups excluding carboxylic acids is 2. The topological polar surface area (TPSA) is 102 Å². The summed E-state index contributed by atoms with van der Waals surface area (Å²) in [6.45, 7) is 1.74. The number of rotatable bonds is 8. The summed E-state index contributed by atoms with van der Waals surface area (Å²) < 4.78 is 36.2. The molecule has 1 amide bonds. The number of esters is 1. The van der Waals surface area contributed by atoms with E-state index in [0.29, 0.717) is 6.54 Å². The smallest absolute Gasteiger partial charge is 0.338 e. The summed E-state index contributed by atoms with van der Waals surface area (Å²) in [6.07, 6.45) is -1.05. The molecular formula is C20H24N2O6S. The van der Waals surface area contributed by atoms with Crippen molar-refractivity contribution in [1.29, 1.82) is 0 Å². The van der Waals surface area contributed by atoms with E-state index in [2.05, 4.69) is 5.32 Å². The molecule has 1 atom stereocenters. The van der Waals surface area contributed by atoms with Crippen molar-refractivity contribution in [2.45, 2.75) is 24.5 Å². The fourth-order valence-corrected chi connectivity index (χ4v) is 3.49. The fourth-order valence-electron chi connectivity index (χ4n) is 2.41. The van der Waals surface area contributed by atoms with Crippen molar-refractivity contribution in [2.75, 3.05) is 21.2 Å². The maximum atomic E-state index is 12.5. The van der Waals surface area contributed by atoms with Crippen molar-refractivity contribution in [3.05, 3.63) is 59.7 Å². The van der Waals surface area contributed by atoms with Crippen molar-refractivity contribution in [3.63, 3.8) is 0 Å². The number of hydrogen-bond acceptors (Lipinski definition) is 6. The molecule has 0 heterocycles. The minimum atomic E-state index is -3.84. The average Bonchev–Trinajstić information content (AvgIpc) is 2.71. The molecule has 2 aromatic carbocycles. The lowest BCUT2D eigenvalue weighted by Crippen LogP contribution is -2.35. The zero-order valence-electron chi connectivity index (χ0n) is 16.7. The molecule has 8 nitrogen and oxygen atoms in total. The lowest BCUT2D eigenvalue weighted by Gasteiger charge is -2.16. The van der Waals surface area contributed by atoms with Crippen LogP contribution in [0.4, 0.5) is 0 Å². The first-order valence-electron chi connectivity index (χ1n) is 8.80. The fraction of sp³-hybridized carbons (Fsp3) is 0.300. The Balaban J connectivity index is 2.10. The number of carbonyl (C=O) groups is 2. The summed E-state index contributed by atoms with van der Waals surface area (Å²) in [6, 6.07) is 13.2. The van der Waals surface area contributed by atoms with Crippen molar-refractivity contribution in [3.8, 4) is 5.75 Å². The van der Waals surface area contributed by atoms with Gasteiger partial charge in [-0.2, -0.15) is 0 Å². The number of hydrogen-bond donors (Lipinski definition) is 1. The van der Waals surface area contributed by atoms with Crippen LogP contribution in [-0.4, -0.2) is 51.9 Å². The van der Waals surface area contributed by atoms with E-state index in [-0.39, 0.29) is 16.2 Å². The molecular weight excluding hydrogens is 396 g/mol. The van der Waals surface area contributed by atoms with Crippen LogP contribution in [0.3, 0.4) is 0 Å². The Hall–Kier alpha value is -2.91. The molecule has 0 aromatic heterocycles. The van der Waals surface area contributed by atoms with Gasteiger partial charge in [0.25, 0.3) is 5.91 Å². The lowest BCUT2D eigenvalue weighted by atomic mass is 10.2. The summed E-state index contributed by atoms with van der Waals surface area (Å²) in [7, 11) is 0.244. The zero-order chi connectivity index (χ0) is 21.6. The molecule has 156 valence electrons. The molecule has 0 bridgehead atoms. The van der Waals surface area contributed by atoms with Crippen molar-refractivity contribution in [2.24, 2.45) is 0 Å². The third-order valence-electron chi connectivity index (χ3n) is 4.12. The standard InChI is InChI=1S/C20H24N2O6S/c1-14(19(23)21-13-15-8-6-5-7-9-15)28-20(24)16-10-11-17(27-4)18(12-16)29(25,26)22(2)3/h5-12,14H,13H2,1-4H3,(H,21,23)/t14-/m0/s1. The van der Waals surface area contributed by atoms with Crippen molar-refractivity contribution >= 4 is 21.9 Å². The summed E-state index contributed by atoms with van der Waals surface area (Å²) in [5.74, 6) is -1.18. The first-order chi connectivity index (χ1) is 13.7. The second-order valence-corrected chi connectivity index (χ2v) is 8.52. The van der Waals surface area contributed by atoms with E-state index in [1.807, 2.05) is 30.3 Å². The van der Waals surface area contributed by atoms with Gasteiger partial charge >= 0.3 is 5.97 Å². The van der Waals surface area contributed by atoms with Gasteiger partial charge in [0.15, 0.2) is 6.10 Å². The quantitative estimate of drug-likeness (QED) is 0.654. The van der Waals surface area contributed by atoms with Gasteiger partial charge in [-0.3, -0.25) is 4.79 Å². The number of methoxy groups -OCH3 is 1. The van der Waals surface area contributed by atoms with Crippen LogP contribution in [0.25, 0.3) is 0 Å². The van der Waals surface area contributed by atoms with E-state index in [0.717, 1.165) is 9.87 Å². The molecule has 0 aliphatic heterocycles. The first kappa shape index (κ1) is 22.4. The van der Waals surface area contributed by atoms with Gasteiger partial charge in [-0.15, -0.1) is 0 Å². The van der Waals surface area contributed by atoms with Crippen molar-refractivity contribution in [1.82, 2.24) is 9.62 Å². The Morgan fingerprint density at radius 2 is 1.76 bits per heavy atom. The Morgan fingerprint density at radius 3 is 2.34 bits per heavy atom. The third kappa shape index (κ3) is 5.55. The number of sulfonamides is 1. The minimum Gasteiger partial charge on any atom is -0.495 e. The molecule has 2 rings (SSSR count). The average molecular weight is 420 g/mol. The SMILES string of the molecule is COc1ccc(C(=O)O[C@@H](C)C(=O)NCc2ccccc2)cc1S(=O)(=O)N(C)C. The molecule has 0 saturated heterocycles. The number of amides is 1. The van der Waals surface area contributed by atoms with Gasteiger partial charge in [0.05, 0.1) is 12.7 Å². The van der Waals surface area contributed by atoms with Gasteiger partial charge in [-0.1, -0.05) is 30.3 Å². The summed E-state index contributed by atoms with van der Waals surface area (Å²) in [5, 5.41) is 2.69. The molecule has 0 aliphatic rings. The highest BCUT2D eigenvalue weighted by Crippen LogP contribution is 2.27. The number of ether oxygens (including phenoxy) is 2. The number of benzene rings is 2. The van der Waals surface area contributed by atoms with Crippen LogP contribution in [-0.2, 0) is 26.1 Å². The first-order valence-corrected chi connectivity index (χ1v) is 10.2. The minimum absolute atomic E-state index is 0.00562. The molecule has 0 unspecified atom stereocenters. The number of nitrogens with one attached hydrogen (secondary N) is 1. The van der Waals surface area contributed by atoms with Gasteiger partial charge in [-0.25, -0.2) is 17.5 Å². The van der Waals surface area contributed by atoms with Crippen LogP contribution < -0.4 is 10.1 Å². The maximum Gasteiger partial charge on any atom is 0.338 e. The molecule has 0 saturated carbocycles. The van der Waals surface area contributed by atoms with E-state index in [9.17, 15) is 18.0 Å². The largest absolute Gasteiger partial charge is 0.495 e. The van der Waals surface area contributed by atoms with Gasteiger partial charge in [0.1, 0.15) is 10.6 Å². The summed E-state index contributed by atoms with van der Waals surface area (Å²) in [5.41, 5.74) is 0.905. The van der Waals surface area contributed by atoms with E-state index in [1.165, 1.54) is 46.3 Å². The van der Waals surface area contributed by atoms with Crippen LogP contribution in [0.5, 0.6) is 5.75 Å². The molecule has 29 heavy (non-hydrogen) atoms. The Labute approximate surface area is 170 Å². The summed E-state index contributed by atoms with van der Waals surface area (Å²) in [4.78, 5) is 24.5. The van der Waals surface area contributed by atoms with Crippen LogP contribution in [0.2, 0.25) is 0 Å². The molecule has 0 radical (unpaired) electrons. The van der Waals surface area contributed by atoms with Crippen LogP contribution >= 0.6 is 0 Å².